The molecule has 0 fully saturated rings. The summed E-state index contributed by atoms with van der Waals surface area (Å²) in [6, 6.07) is 8.62. The van der Waals surface area contributed by atoms with E-state index in [1.54, 1.807) is 12.1 Å². The Bertz CT molecular complexity index is 612. The highest BCUT2D eigenvalue weighted by atomic mass is 19.1. The zero-order valence-electron chi connectivity index (χ0n) is 10.8. The molecule has 0 aliphatic heterocycles. The minimum atomic E-state index is -0.556. The highest BCUT2D eigenvalue weighted by molar-refractivity contribution is 5.97. The van der Waals surface area contributed by atoms with E-state index < -0.39 is 11.6 Å². The van der Waals surface area contributed by atoms with Crippen molar-refractivity contribution in [1.29, 1.82) is 0 Å². The molecule has 0 saturated carbocycles. The lowest BCUT2D eigenvalue weighted by molar-refractivity contribution is 0.0991. The molecule has 0 spiro atoms. The summed E-state index contributed by atoms with van der Waals surface area (Å²) in [5, 5.41) is 0. The first-order valence-corrected chi connectivity index (χ1v) is 6.01. The zero-order valence-corrected chi connectivity index (χ0v) is 10.8. The number of rotatable bonds is 3. The van der Waals surface area contributed by atoms with Crippen LogP contribution in [0.2, 0.25) is 0 Å². The molecule has 0 heterocycles. The van der Waals surface area contributed by atoms with Gasteiger partial charge < -0.3 is 0 Å². The van der Waals surface area contributed by atoms with Crippen LogP contribution in [0.25, 0.3) is 0 Å². The van der Waals surface area contributed by atoms with Gasteiger partial charge in [0.1, 0.15) is 11.6 Å². The Morgan fingerprint density at radius 3 is 2.26 bits per heavy atom. The summed E-state index contributed by atoms with van der Waals surface area (Å²) in [5.74, 6) is -1.31. The molecule has 2 aromatic rings. The van der Waals surface area contributed by atoms with Crippen molar-refractivity contribution in [3.8, 4) is 0 Å². The fourth-order valence-corrected chi connectivity index (χ4v) is 2.09. The molecule has 0 amide bonds. The van der Waals surface area contributed by atoms with Crippen LogP contribution < -0.4 is 0 Å². The van der Waals surface area contributed by atoms with E-state index in [2.05, 4.69) is 0 Å². The SMILES string of the molecule is Cc1cc(C)cc(C(=O)Cc2cc(F)ccc2F)c1. The molecule has 0 unspecified atom stereocenters. The Labute approximate surface area is 110 Å². The van der Waals surface area contributed by atoms with Crippen LogP contribution in [0.4, 0.5) is 8.78 Å². The van der Waals surface area contributed by atoms with Crippen LogP contribution in [0.5, 0.6) is 0 Å². The quantitative estimate of drug-likeness (QED) is 0.762. The van der Waals surface area contributed by atoms with Gasteiger partial charge in [0.15, 0.2) is 5.78 Å². The summed E-state index contributed by atoms with van der Waals surface area (Å²) < 4.78 is 26.5. The Kier molecular flexibility index (Phi) is 3.74. The molecule has 0 aliphatic rings. The normalized spacial score (nSPS) is 10.5. The number of hydrogen-bond acceptors (Lipinski definition) is 1. The molecule has 19 heavy (non-hydrogen) atoms. The standard InChI is InChI=1S/C16H14F2O/c1-10-5-11(2)7-13(6-10)16(19)9-12-8-14(17)3-4-15(12)18/h3-8H,9H2,1-2H3. The maximum Gasteiger partial charge on any atom is 0.167 e. The van der Waals surface area contributed by atoms with Gasteiger partial charge in [-0.3, -0.25) is 4.79 Å². The molecule has 2 rings (SSSR count). The Balaban J connectivity index is 2.28. The first kappa shape index (κ1) is 13.4. The first-order valence-electron chi connectivity index (χ1n) is 6.01. The molecular weight excluding hydrogens is 246 g/mol. The van der Waals surface area contributed by atoms with E-state index in [4.69, 9.17) is 0 Å². The van der Waals surface area contributed by atoms with Crippen molar-refractivity contribution >= 4 is 5.78 Å². The van der Waals surface area contributed by atoms with Crippen molar-refractivity contribution in [2.24, 2.45) is 0 Å². The number of benzene rings is 2. The second kappa shape index (κ2) is 5.31. The molecule has 0 saturated heterocycles. The van der Waals surface area contributed by atoms with Crippen LogP contribution in [0, 0.1) is 25.5 Å². The Hall–Kier alpha value is -2.03. The lowest BCUT2D eigenvalue weighted by Crippen LogP contribution is -2.06. The van der Waals surface area contributed by atoms with E-state index in [0.717, 1.165) is 29.3 Å². The molecule has 0 bridgehead atoms. The van der Waals surface area contributed by atoms with Crippen LogP contribution in [0.15, 0.2) is 36.4 Å². The highest BCUT2D eigenvalue weighted by Crippen LogP contribution is 2.15. The smallest absolute Gasteiger partial charge is 0.167 e. The summed E-state index contributed by atoms with van der Waals surface area (Å²) in [6.07, 6.45) is -0.132. The second-order valence-electron chi connectivity index (χ2n) is 4.71. The van der Waals surface area contributed by atoms with Crippen molar-refractivity contribution in [2.75, 3.05) is 0 Å². The molecule has 0 aromatic heterocycles. The van der Waals surface area contributed by atoms with Crippen molar-refractivity contribution < 1.29 is 13.6 Å². The van der Waals surface area contributed by atoms with Gasteiger partial charge in [-0.05, 0) is 49.7 Å². The van der Waals surface area contributed by atoms with Crippen molar-refractivity contribution in [3.05, 3.63) is 70.3 Å². The predicted octanol–water partition coefficient (Wildman–Crippen LogP) is 4.01. The van der Waals surface area contributed by atoms with Crippen molar-refractivity contribution in [2.45, 2.75) is 20.3 Å². The van der Waals surface area contributed by atoms with E-state index >= 15 is 0 Å². The summed E-state index contributed by atoms with van der Waals surface area (Å²) >= 11 is 0. The lowest BCUT2D eigenvalue weighted by Gasteiger charge is -2.06. The molecule has 98 valence electrons. The van der Waals surface area contributed by atoms with Gasteiger partial charge in [-0.1, -0.05) is 17.2 Å². The third-order valence-electron chi connectivity index (χ3n) is 2.90. The maximum atomic E-state index is 13.5. The summed E-state index contributed by atoms with van der Waals surface area (Å²) in [7, 11) is 0. The number of halogens is 2. The number of hydrogen-bond donors (Lipinski definition) is 0. The number of ketones is 1. The van der Waals surface area contributed by atoms with Gasteiger partial charge in [0.2, 0.25) is 0 Å². The topological polar surface area (TPSA) is 17.1 Å². The van der Waals surface area contributed by atoms with Gasteiger partial charge in [0.05, 0.1) is 0 Å². The zero-order chi connectivity index (χ0) is 14.0. The van der Waals surface area contributed by atoms with Crippen molar-refractivity contribution in [1.82, 2.24) is 0 Å². The van der Waals surface area contributed by atoms with Crippen LogP contribution in [0.3, 0.4) is 0 Å². The largest absolute Gasteiger partial charge is 0.294 e. The van der Waals surface area contributed by atoms with E-state index in [-0.39, 0.29) is 17.8 Å². The van der Waals surface area contributed by atoms with Gasteiger partial charge in [0, 0.05) is 12.0 Å². The molecule has 2 aromatic carbocycles. The van der Waals surface area contributed by atoms with Crippen LogP contribution >= 0.6 is 0 Å². The van der Waals surface area contributed by atoms with Gasteiger partial charge in [-0.25, -0.2) is 8.78 Å². The number of carbonyl (C=O) groups is 1. The van der Waals surface area contributed by atoms with E-state index in [1.807, 2.05) is 19.9 Å². The number of carbonyl (C=O) groups excluding carboxylic acids is 1. The molecule has 0 aliphatic carbocycles. The van der Waals surface area contributed by atoms with E-state index in [1.165, 1.54) is 0 Å². The lowest BCUT2D eigenvalue weighted by atomic mass is 9.99. The second-order valence-corrected chi connectivity index (χ2v) is 4.71. The molecule has 0 atom stereocenters. The monoisotopic (exact) mass is 260 g/mol. The average Bonchev–Trinajstić information content (AvgIpc) is 2.32. The summed E-state index contributed by atoms with van der Waals surface area (Å²) in [6.45, 7) is 3.79. The van der Waals surface area contributed by atoms with Gasteiger partial charge >= 0.3 is 0 Å². The van der Waals surface area contributed by atoms with Crippen LogP contribution in [-0.2, 0) is 6.42 Å². The molecule has 3 heteroatoms. The highest BCUT2D eigenvalue weighted by Gasteiger charge is 2.12. The van der Waals surface area contributed by atoms with Gasteiger partial charge in [-0.15, -0.1) is 0 Å². The molecule has 0 N–H and O–H groups in total. The minimum Gasteiger partial charge on any atom is -0.294 e. The fraction of sp³-hybridized carbons (Fsp3) is 0.188. The first-order chi connectivity index (χ1) is 8.95. The van der Waals surface area contributed by atoms with Crippen molar-refractivity contribution in [3.63, 3.8) is 0 Å². The third kappa shape index (κ3) is 3.25. The molecular formula is C16H14F2O. The van der Waals surface area contributed by atoms with E-state index in [0.29, 0.717) is 5.56 Å². The third-order valence-corrected chi connectivity index (χ3v) is 2.90. The average molecular weight is 260 g/mol. The fourth-order valence-electron chi connectivity index (χ4n) is 2.09. The Morgan fingerprint density at radius 2 is 1.63 bits per heavy atom. The number of aryl methyl sites for hydroxylation is 2. The number of Topliss-reactive ketones (excluding diaryl/α,β-unsaturated/α-hetero) is 1. The Morgan fingerprint density at radius 1 is 1.00 bits per heavy atom. The van der Waals surface area contributed by atoms with Crippen LogP contribution in [0.1, 0.15) is 27.0 Å². The predicted molar refractivity (Wildman–Crippen MR) is 70.3 cm³/mol. The van der Waals surface area contributed by atoms with Gasteiger partial charge in [0.25, 0.3) is 0 Å². The molecule has 1 nitrogen and oxygen atoms in total. The van der Waals surface area contributed by atoms with E-state index in [9.17, 15) is 13.6 Å². The summed E-state index contributed by atoms with van der Waals surface area (Å²) in [5.41, 5.74) is 2.57. The minimum absolute atomic E-state index is 0.0872. The molecule has 0 radical (unpaired) electrons. The maximum absolute atomic E-state index is 13.5. The summed E-state index contributed by atoms with van der Waals surface area (Å²) in [4.78, 5) is 12.1. The van der Waals surface area contributed by atoms with Crippen LogP contribution in [-0.4, -0.2) is 5.78 Å². The van der Waals surface area contributed by atoms with Gasteiger partial charge in [-0.2, -0.15) is 0 Å².